The lowest BCUT2D eigenvalue weighted by Gasteiger charge is -2.22. The van der Waals surface area contributed by atoms with Crippen molar-refractivity contribution in [2.45, 2.75) is 31.7 Å². The lowest BCUT2D eigenvalue weighted by atomic mass is 9.83. The number of rotatable bonds is 1. The molecule has 0 fully saturated rings. The van der Waals surface area contributed by atoms with Gasteiger partial charge in [0.2, 0.25) is 0 Å². The molecule has 0 saturated heterocycles. The molecule has 0 N–H and O–H groups in total. The molecular formula is C11H13NO. The maximum Gasteiger partial charge on any atom is 0.105 e. The molecule has 1 aliphatic rings. The minimum Gasteiger partial charge on any atom is -0.150 e. The highest BCUT2D eigenvalue weighted by atomic mass is 16.3. The van der Waals surface area contributed by atoms with E-state index < -0.39 is 0 Å². The van der Waals surface area contributed by atoms with Gasteiger partial charge in [-0.25, -0.2) is 0 Å². The first-order valence-electron chi connectivity index (χ1n) is 4.57. The van der Waals surface area contributed by atoms with Crippen molar-refractivity contribution in [3.63, 3.8) is 0 Å². The van der Waals surface area contributed by atoms with Crippen LogP contribution in [0.1, 0.15) is 25.0 Å². The summed E-state index contributed by atoms with van der Waals surface area (Å²) >= 11 is 0. The maximum atomic E-state index is 10.6. The molecule has 0 aliphatic heterocycles. The number of benzene rings is 1. The highest BCUT2D eigenvalue weighted by molar-refractivity contribution is 5.41. The third-order valence-corrected chi connectivity index (χ3v) is 3.09. The second kappa shape index (κ2) is 2.66. The van der Waals surface area contributed by atoms with Gasteiger partial charge < -0.3 is 0 Å². The molecule has 0 bridgehead atoms. The van der Waals surface area contributed by atoms with Crippen molar-refractivity contribution in [3.05, 3.63) is 40.3 Å². The van der Waals surface area contributed by atoms with Crippen LogP contribution in [0.3, 0.4) is 0 Å². The Balaban J connectivity index is 2.53. The number of nitrogens with zero attached hydrogens (tertiary/aromatic N) is 1. The lowest BCUT2D eigenvalue weighted by molar-refractivity contribution is 0.444. The normalized spacial score (nSPS) is 24.0. The molecule has 1 aromatic carbocycles. The first kappa shape index (κ1) is 8.42. The Morgan fingerprint density at radius 2 is 2.08 bits per heavy atom. The number of hydrogen-bond donors (Lipinski definition) is 0. The van der Waals surface area contributed by atoms with Crippen molar-refractivity contribution in [1.82, 2.24) is 0 Å². The quantitative estimate of drug-likeness (QED) is 0.603. The summed E-state index contributed by atoms with van der Waals surface area (Å²) < 4.78 is 0. The van der Waals surface area contributed by atoms with Crippen molar-refractivity contribution in [2.75, 3.05) is 0 Å². The fourth-order valence-corrected chi connectivity index (χ4v) is 2.14. The molecule has 0 radical (unpaired) electrons. The summed E-state index contributed by atoms with van der Waals surface area (Å²) in [6.07, 6.45) is 0.798. The maximum absolute atomic E-state index is 10.6. The van der Waals surface area contributed by atoms with Crippen molar-refractivity contribution >= 4 is 0 Å². The van der Waals surface area contributed by atoms with Crippen LogP contribution in [0.15, 0.2) is 29.4 Å². The summed E-state index contributed by atoms with van der Waals surface area (Å²) in [5.41, 5.74) is 2.47. The van der Waals surface area contributed by atoms with Gasteiger partial charge in [-0.05, 0) is 17.5 Å². The van der Waals surface area contributed by atoms with E-state index in [-0.39, 0.29) is 11.5 Å². The van der Waals surface area contributed by atoms with E-state index in [4.69, 9.17) is 0 Å². The van der Waals surface area contributed by atoms with Crippen LogP contribution in [-0.2, 0) is 11.8 Å². The summed E-state index contributed by atoms with van der Waals surface area (Å²) in [7, 11) is 0. The molecule has 2 nitrogen and oxygen atoms in total. The van der Waals surface area contributed by atoms with E-state index in [0.717, 1.165) is 6.42 Å². The third-order valence-electron chi connectivity index (χ3n) is 3.09. The van der Waals surface area contributed by atoms with Gasteiger partial charge in [0.25, 0.3) is 0 Å². The van der Waals surface area contributed by atoms with E-state index >= 15 is 0 Å². The molecule has 0 aromatic heterocycles. The van der Waals surface area contributed by atoms with E-state index in [1.54, 1.807) is 0 Å². The summed E-state index contributed by atoms with van der Waals surface area (Å²) in [5, 5.41) is 3.20. The van der Waals surface area contributed by atoms with Crippen molar-refractivity contribution in [2.24, 2.45) is 5.18 Å². The summed E-state index contributed by atoms with van der Waals surface area (Å²) in [6.45, 7) is 4.18. The first-order valence-corrected chi connectivity index (χ1v) is 4.57. The van der Waals surface area contributed by atoms with Crippen molar-refractivity contribution < 1.29 is 0 Å². The van der Waals surface area contributed by atoms with Gasteiger partial charge in [-0.15, -0.1) is 0 Å². The Labute approximate surface area is 77.9 Å². The lowest BCUT2D eigenvalue weighted by Crippen LogP contribution is -2.27. The molecule has 68 valence electrons. The van der Waals surface area contributed by atoms with Crippen molar-refractivity contribution in [1.29, 1.82) is 0 Å². The average molecular weight is 175 g/mol. The highest BCUT2D eigenvalue weighted by Gasteiger charge is 2.39. The SMILES string of the molecule is CC1(C)c2ccccc2CC1N=O. The Bertz CT molecular complexity index is 344. The van der Waals surface area contributed by atoms with Gasteiger partial charge in [-0.1, -0.05) is 43.3 Å². The molecular weight excluding hydrogens is 162 g/mol. The minimum absolute atomic E-state index is 0.0850. The monoisotopic (exact) mass is 175 g/mol. The van der Waals surface area contributed by atoms with Crippen LogP contribution in [0, 0.1) is 4.91 Å². The van der Waals surface area contributed by atoms with E-state index in [1.165, 1.54) is 11.1 Å². The molecule has 1 aliphatic carbocycles. The van der Waals surface area contributed by atoms with Crippen LogP contribution in [0.2, 0.25) is 0 Å². The number of nitroso groups, excluding NO2 is 1. The predicted molar refractivity (Wildman–Crippen MR) is 52.8 cm³/mol. The first-order chi connectivity index (χ1) is 6.16. The van der Waals surface area contributed by atoms with Gasteiger partial charge >= 0.3 is 0 Å². The topological polar surface area (TPSA) is 29.4 Å². The standard InChI is InChI=1S/C11H13NO/c1-11(2)9-6-4-3-5-8(9)7-10(11)12-13/h3-6,10H,7H2,1-2H3. The minimum atomic E-state index is -0.0927. The molecule has 13 heavy (non-hydrogen) atoms. The summed E-state index contributed by atoms with van der Waals surface area (Å²) in [6, 6.07) is 8.13. The van der Waals surface area contributed by atoms with Crippen LogP contribution in [0.5, 0.6) is 0 Å². The zero-order valence-electron chi connectivity index (χ0n) is 7.95. The second-order valence-electron chi connectivity index (χ2n) is 4.20. The number of hydrogen-bond acceptors (Lipinski definition) is 2. The number of fused-ring (bicyclic) bond motifs is 1. The van der Waals surface area contributed by atoms with Crippen LogP contribution >= 0.6 is 0 Å². The molecule has 1 atom stereocenters. The zero-order chi connectivity index (χ0) is 9.47. The fourth-order valence-electron chi connectivity index (χ4n) is 2.14. The Morgan fingerprint density at radius 1 is 1.38 bits per heavy atom. The van der Waals surface area contributed by atoms with Crippen LogP contribution in [0.25, 0.3) is 0 Å². The molecule has 1 aromatic rings. The highest BCUT2D eigenvalue weighted by Crippen LogP contribution is 2.39. The van der Waals surface area contributed by atoms with E-state index in [0.29, 0.717) is 0 Å². The van der Waals surface area contributed by atoms with E-state index in [9.17, 15) is 4.91 Å². The van der Waals surface area contributed by atoms with Gasteiger partial charge in [0, 0.05) is 5.41 Å². The summed E-state index contributed by atoms with van der Waals surface area (Å²) in [5.74, 6) is 0. The molecule has 0 heterocycles. The fraction of sp³-hybridized carbons (Fsp3) is 0.455. The molecule has 2 rings (SSSR count). The molecule has 0 saturated carbocycles. The zero-order valence-corrected chi connectivity index (χ0v) is 7.95. The van der Waals surface area contributed by atoms with Gasteiger partial charge in [0.1, 0.15) is 6.04 Å². The average Bonchev–Trinajstić information content (AvgIpc) is 2.39. The van der Waals surface area contributed by atoms with Crippen LogP contribution in [-0.4, -0.2) is 6.04 Å². The van der Waals surface area contributed by atoms with Gasteiger partial charge in [-0.3, -0.25) is 0 Å². The second-order valence-corrected chi connectivity index (χ2v) is 4.20. The third kappa shape index (κ3) is 1.09. The van der Waals surface area contributed by atoms with Crippen molar-refractivity contribution in [3.8, 4) is 0 Å². The Morgan fingerprint density at radius 3 is 2.69 bits per heavy atom. The van der Waals surface area contributed by atoms with E-state index in [2.05, 4.69) is 31.2 Å². The molecule has 0 spiro atoms. The van der Waals surface area contributed by atoms with Crippen LogP contribution < -0.4 is 0 Å². The Hall–Kier alpha value is -1.18. The largest absolute Gasteiger partial charge is 0.150 e. The van der Waals surface area contributed by atoms with E-state index in [1.807, 2.05) is 12.1 Å². The van der Waals surface area contributed by atoms with Gasteiger partial charge in [0.15, 0.2) is 0 Å². The molecule has 1 unspecified atom stereocenters. The summed E-state index contributed by atoms with van der Waals surface area (Å²) in [4.78, 5) is 10.6. The molecule has 2 heteroatoms. The van der Waals surface area contributed by atoms with Gasteiger partial charge in [-0.2, -0.15) is 4.91 Å². The van der Waals surface area contributed by atoms with Gasteiger partial charge in [0.05, 0.1) is 0 Å². The smallest absolute Gasteiger partial charge is 0.105 e. The Kier molecular flexibility index (Phi) is 1.72. The van der Waals surface area contributed by atoms with Crippen LogP contribution in [0.4, 0.5) is 0 Å². The molecule has 0 amide bonds. The predicted octanol–water partition coefficient (Wildman–Crippen LogP) is 2.66.